The van der Waals surface area contributed by atoms with Gasteiger partial charge in [0.25, 0.3) is 11.8 Å². The molecule has 0 heterocycles. The van der Waals surface area contributed by atoms with Crippen LogP contribution < -0.4 is 10.8 Å². The summed E-state index contributed by atoms with van der Waals surface area (Å²) in [5, 5.41) is 11.4. The fourth-order valence-corrected chi connectivity index (χ4v) is 2.57. The van der Waals surface area contributed by atoms with Gasteiger partial charge in [-0.25, -0.2) is 5.48 Å². The Morgan fingerprint density at radius 1 is 1.04 bits per heavy atom. The van der Waals surface area contributed by atoms with Crippen LogP contribution in [0.1, 0.15) is 29.8 Å². The number of rotatable bonds is 7. The monoisotopic (exact) mass is 356 g/mol. The van der Waals surface area contributed by atoms with Crippen molar-refractivity contribution in [3.05, 3.63) is 59.7 Å². The first-order valence-electron chi connectivity index (χ1n) is 8.47. The van der Waals surface area contributed by atoms with Gasteiger partial charge in [0.2, 0.25) is 0 Å². The standard InChI is InChI=1S/C20H24N2O4/c1-4-14-5-7-15(8-6-14)16-9-11-17(12-10-16)19(23)21-18(13(2)26-3)20(24)22-25/h5-13,18,25H,4H2,1-3H3,(H,21,23)(H,22,24)/t13-,18+/m1/s1. The SMILES string of the molecule is CCc1ccc(-c2ccc(C(=O)N[C@H](C(=O)NO)[C@@H](C)OC)cc2)cc1. The molecule has 6 heteroatoms. The highest BCUT2D eigenvalue weighted by atomic mass is 16.5. The lowest BCUT2D eigenvalue weighted by Gasteiger charge is -2.22. The first kappa shape index (κ1) is 19.6. The lowest BCUT2D eigenvalue weighted by molar-refractivity contribution is -0.134. The van der Waals surface area contributed by atoms with E-state index in [1.54, 1.807) is 24.5 Å². The Morgan fingerprint density at radius 2 is 1.58 bits per heavy atom. The Kier molecular flexibility index (Phi) is 6.89. The number of hydrogen-bond donors (Lipinski definition) is 3. The molecule has 0 aliphatic rings. The number of carbonyl (C=O) groups excluding carboxylic acids is 2. The number of hydrogen-bond acceptors (Lipinski definition) is 4. The number of aryl methyl sites for hydroxylation is 1. The first-order chi connectivity index (χ1) is 12.5. The molecule has 138 valence electrons. The highest BCUT2D eigenvalue weighted by Crippen LogP contribution is 2.20. The minimum absolute atomic E-state index is 0.415. The van der Waals surface area contributed by atoms with Gasteiger partial charge in [0.1, 0.15) is 6.04 Å². The lowest BCUT2D eigenvalue weighted by Crippen LogP contribution is -2.52. The van der Waals surface area contributed by atoms with E-state index in [2.05, 4.69) is 36.5 Å². The van der Waals surface area contributed by atoms with E-state index in [9.17, 15) is 9.59 Å². The van der Waals surface area contributed by atoms with Gasteiger partial charge in [-0.2, -0.15) is 0 Å². The fourth-order valence-electron chi connectivity index (χ4n) is 2.57. The smallest absolute Gasteiger partial charge is 0.268 e. The van der Waals surface area contributed by atoms with Crippen LogP contribution in [-0.4, -0.2) is 36.3 Å². The topological polar surface area (TPSA) is 87.7 Å². The average molecular weight is 356 g/mol. The van der Waals surface area contributed by atoms with Crippen LogP contribution >= 0.6 is 0 Å². The van der Waals surface area contributed by atoms with Crippen molar-refractivity contribution < 1.29 is 19.5 Å². The van der Waals surface area contributed by atoms with E-state index in [1.165, 1.54) is 12.7 Å². The fraction of sp³-hybridized carbons (Fsp3) is 0.300. The van der Waals surface area contributed by atoms with E-state index >= 15 is 0 Å². The number of nitrogens with one attached hydrogen (secondary N) is 2. The molecular formula is C20H24N2O4. The zero-order valence-corrected chi connectivity index (χ0v) is 15.2. The van der Waals surface area contributed by atoms with E-state index in [0.717, 1.165) is 17.5 Å². The molecule has 0 bridgehead atoms. The molecule has 2 aromatic carbocycles. The van der Waals surface area contributed by atoms with Gasteiger partial charge in [-0.15, -0.1) is 0 Å². The molecule has 2 aromatic rings. The number of carbonyl (C=O) groups is 2. The molecule has 0 unspecified atom stereocenters. The molecule has 26 heavy (non-hydrogen) atoms. The van der Waals surface area contributed by atoms with E-state index in [1.807, 2.05) is 12.1 Å². The summed E-state index contributed by atoms with van der Waals surface area (Å²) in [6.07, 6.45) is 0.393. The molecule has 0 saturated heterocycles. The molecule has 0 aromatic heterocycles. The Bertz CT molecular complexity index is 741. The Balaban J connectivity index is 2.13. The van der Waals surface area contributed by atoms with Crippen LogP contribution in [0.15, 0.2) is 48.5 Å². The maximum Gasteiger partial charge on any atom is 0.268 e. The number of methoxy groups -OCH3 is 1. The summed E-state index contributed by atoms with van der Waals surface area (Å²) in [6.45, 7) is 3.74. The van der Waals surface area contributed by atoms with Gasteiger partial charge >= 0.3 is 0 Å². The third-order valence-corrected chi connectivity index (χ3v) is 4.36. The zero-order valence-electron chi connectivity index (χ0n) is 15.2. The number of ether oxygens (including phenoxy) is 1. The normalized spacial score (nSPS) is 12.9. The van der Waals surface area contributed by atoms with Gasteiger partial charge in [-0.3, -0.25) is 14.8 Å². The van der Waals surface area contributed by atoms with E-state index in [-0.39, 0.29) is 0 Å². The van der Waals surface area contributed by atoms with Crippen LogP contribution in [0, 0.1) is 0 Å². The third kappa shape index (κ3) is 4.68. The maximum atomic E-state index is 12.4. The van der Waals surface area contributed by atoms with Gasteiger partial charge in [-0.1, -0.05) is 43.3 Å². The van der Waals surface area contributed by atoms with E-state index in [0.29, 0.717) is 5.56 Å². The molecule has 0 aliphatic heterocycles. The lowest BCUT2D eigenvalue weighted by atomic mass is 10.0. The second-order valence-corrected chi connectivity index (χ2v) is 6.00. The zero-order chi connectivity index (χ0) is 19.1. The number of benzene rings is 2. The van der Waals surface area contributed by atoms with Gasteiger partial charge in [0.15, 0.2) is 0 Å². The molecule has 2 atom stereocenters. The van der Waals surface area contributed by atoms with Crippen molar-refractivity contribution >= 4 is 11.8 Å². The summed E-state index contributed by atoms with van der Waals surface area (Å²) in [6, 6.07) is 14.4. The summed E-state index contributed by atoms with van der Waals surface area (Å²) in [5.41, 5.74) is 5.30. The average Bonchev–Trinajstić information content (AvgIpc) is 2.70. The van der Waals surface area contributed by atoms with Gasteiger partial charge in [0, 0.05) is 12.7 Å². The van der Waals surface area contributed by atoms with Crippen molar-refractivity contribution in [1.29, 1.82) is 0 Å². The van der Waals surface area contributed by atoms with Crippen LogP contribution in [0.4, 0.5) is 0 Å². The van der Waals surface area contributed by atoms with Crippen molar-refractivity contribution in [1.82, 2.24) is 10.8 Å². The summed E-state index contributed by atoms with van der Waals surface area (Å²) in [4.78, 5) is 24.1. The summed E-state index contributed by atoms with van der Waals surface area (Å²) in [7, 11) is 1.42. The van der Waals surface area contributed by atoms with Crippen molar-refractivity contribution in [2.45, 2.75) is 32.4 Å². The summed E-state index contributed by atoms with van der Waals surface area (Å²) in [5.74, 6) is -1.16. The third-order valence-electron chi connectivity index (χ3n) is 4.36. The van der Waals surface area contributed by atoms with Gasteiger partial charge < -0.3 is 10.1 Å². The minimum Gasteiger partial charge on any atom is -0.379 e. The van der Waals surface area contributed by atoms with Crippen molar-refractivity contribution in [3.63, 3.8) is 0 Å². The van der Waals surface area contributed by atoms with Gasteiger partial charge in [-0.05, 0) is 42.2 Å². The molecule has 0 saturated carbocycles. The Morgan fingerprint density at radius 3 is 2.04 bits per heavy atom. The Hall–Kier alpha value is -2.70. The predicted molar refractivity (Wildman–Crippen MR) is 98.9 cm³/mol. The molecule has 6 nitrogen and oxygen atoms in total. The van der Waals surface area contributed by atoms with Crippen LogP contribution in [-0.2, 0) is 16.0 Å². The minimum atomic E-state index is -1.00. The van der Waals surface area contributed by atoms with Crippen LogP contribution in [0.25, 0.3) is 11.1 Å². The van der Waals surface area contributed by atoms with Crippen molar-refractivity contribution in [2.24, 2.45) is 0 Å². The molecule has 0 fully saturated rings. The molecule has 2 amide bonds. The van der Waals surface area contributed by atoms with Crippen LogP contribution in [0.3, 0.4) is 0 Å². The molecule has 0 spiro atoms. The molecule has 2 rings (SSSR count). The summed E-state index contributed by atoms with van der Waals surface area (Å²) < 4.78 is 5.08. The molecule has 0 aliphatic carbocycles. The Labute approximate surface area is 153 Å². The second-order valence-electron chi connectivity index (χ2n) is 6.00. The highest BCUT2D eigenvalue weighted by Gasteiger charge is 2.27. The first-order valence-corrected chi connectivity index (χ1v) is 8.47. The quantitative estimate of drug-likeness (QED) is 0.525. The predicted octanol–water partition coefficient (Wildman–Crippen LogP) is 2.55. The van der Waals surface area contributed by atoms with E-state index in [4.69, 9.17) is 9.94 Å². The summed E-state index contributed by atoms with van der Waals surface area (Å²) >= 11 is 0. The largest absolute Gasteiger partial charge is 0.379 e. The second kappa shape index (κ2) is 9.12. The van der Waals surface area contributed by atoms with Crippen molar-refractivity contribution in [2.75, 3.05) is 7.11 Å². The molecule has 3 N–H and O–H groups in total. The van der Waals surface area contributed by atoms with Crippen molar-refractivity contribution in [3.8, 4) is 11.1 Å². The van der Waals surface area contributed by atoms with Crippen LogP contribution in [0.2, 0.25) is 0 Å². The number of hydroxylamine groups is 1. The van der Waals surface area contributed by atoms with E-state index < -0.39 is 24.0 Å². The maximum absolute atomic E-state index is 12.4. The molecular weight excluding hydrogens is 332 g/mol. The highest BCUT2D eigenvalue weighted by molar-refractivity contribution is 5.97. The van der Waals surface area contributed by atoms with Crippen LogP contribution in [0.5, 0.6) is 0 Å². The molecule has 0 radical (unpaired) electrons. The van der Waals surface area contributed by atoms with Gasteiger partial charge in [0.05, 0.1) is 6.10 Å². The number of amides is 2.